The van der Waals surface area contributed by atoms with Crippen LogP contribution in [0.5, 0.6) is 5.75 Å². The van der Waals surface area contributed by atoms with Crippen molar-refractivity contribution in [2.24, 2.45) is 0 Å². The number of amides is 1. The molecule has 4 nitrogen and oxygen atoms in total. The highest BCUT2D eigenvalue weighted by Crippen LogP contribution is 2.32. The lowest BCUT2D eigenvalue weighted by Gasteiger charge is -2.16. The number of anilines is 1. The molecule has 1 N–H and O–H groups in total. The zero-order valence-electron chi connectivity index (χ0n) is 11.6. The van der Waals surface area contributed by atoms with Crippen molar-refractivity contribution in [2.75, 3.05) is 5.32 Å². The fourth-order valence-electron chi connectivity index (χ4n) is 1.69. The number of halogens is 2. The Kier molecular flexibility index (Phi) is 5.26. The lowest BCUT2D eigenvalue weighted by Crippen LogP contribution is -2.30. The number of benzene rings is 2. The summed E-state index contributed by atoms with van der Waals surface area (Å²) in [5.41, 5.74) is 1.10. The van der Waals surface area contributed by atoms with Gasteiger partial charge in [-0.3, -0.25) is 4.79 Å². The molecule has 112 valence electrons. The minimum absolute atomic E-state index is 0.266. The Hall–Kier alpha value is -2.22. The molecule has 0 aliphatic rings. The van der Waals surface area contributed by atoms with Crippen molar-refractivity contribution in [2.45, 2.75) is 13.0 Å². The molecule has 0 aliphatic heterocycles. The maximum atomic E-state index is 12.1. The van der Waals surface area contributed by atoms with Crippen molar-refractivity contribution < 1.29 is 9.53 Å². The van der Waals surface area contributed by atoms with Crippen LogP contribution in [0.4, 0.5) is 5.69 Å². The number of carbonyl (C=O) groups is 1. The third-order valence-electron chi connectivity index (χ3n) is 2.87. The van der Waals surface area contributed by atoms with Gasteiger partial charge < -0.3 is 10.1 Å². The van der Waals surface area contributed by atoms with Crippen LogP contribution < -0.4 is 10.1 Å². The van der Waals surface area contributed by atoms with E-state index in [4.69, 9.17) is 33.2 Å². The van der Waals surface area contributed by atoms with E-state index >= 15 is 0 Å². The molecule has 22 heavy (non-hydrogen) atoms. The van der Waals surface area contributed by atoms with Gasteiger partial charge in [0.1, 0.15) is 10.8 Å². The molecule has 0 heterocycles. The van der Waals surface area contributed by atoms with Crippen LogP contribution in [-0.4, -0.2) is 12.0 Å². The first-order valence-electron chi connectivity index (χ1n) is 6.43. The zero-order valence-corrected chi connectivity index (χ0v) is 13.2. The van der Waals surface area contributed by atoms with Crippen molar-refractivity contribution in [3.63, 3.8) is 0 Å². The van der Waals surface area contributed by atoms with Crippen molar-refractivity contribution in [3.05, 3.63) is 58.1 Å². The molecular formula is C16H12Cl2N2O2. The van der Waals surface area contributed by atoms with Gasteiger partial charge in [0.15, 0.2) is 6.10 Å². The standard InChI is InChI=1S/C16H12Cl2N2O2/c1-10(22-14-4-2-3-13(17)15(14)18)16(21)20-12-7-5-11(9-19)6-8-12/h2-8,10H,1H3,(H,20,21). The minimum Gasteiger partial charge on any atom is -0.479 e. The van der Waals surface area contributed by atoms with E-state index in [-0.39, 0.29) is 10.9 Å². The van der Waals surface area contributed by atoms with Crippen LogP contribution in [0.1, 0.15) is 12.5 Å². The molecule has 6 heteroatoms. The lowest BCUT2D eigenvalue weighted by molar-refractivity contribution is -0.122. The number of nitrogens with one attached hydrogen (secondary N) is 1. The van der Waals surface area contributed by atoms with E-state index in [1.54, 1.807) is 49.4 Å². The molecule has 2 aromatic carbocycles. The van der Waals surface area contributed by atoms with Gasteiger partial charge in [-0.05, 0) is 43.3 Å². The Bertz CT molecular complexity index is 724. The van der Waals surface area contributed by atoms with Crippen molar-refractivity contribution in [3.8, 4) is 11.8 Å². The monoisotopic (exact) mass is 334 g/mol. The predicted octanol–water partition coefficient (Wildman–Crippen LogP) is 4.27. The third-order valence-corrected chi connectivity index (χ3v) is 3.67. The normalized spacial score (nSPS) is 11.4. The number of ether oxygens (including phenoxy) is 1. The third kappa shape index (κ3) is 3.91. The second-order valence-corrected chi connectivity index (χ2v) is 5.28. The minimum atomic E-state index is -0.758. The highest BCUT2D eigenvalue weighted by Gasteiger charge is 2.17. The smallest absolute Gasteiger partial charge is 0.265 e. The number of carbonyl (C=O) groups excluding carboxylic acids is 1. The second kappa shape index (κ2) is 7.17. The second-order valence-electron chi connectivity index (χ2n) is 4.49. The highest BCUT2D eigenvalue weighted by molar-refractivity contribution is 6.42. The SMILES string of the molecule is CC(Oc1cccc(Cl)c1Cl)C(=O)Nc1ccc(C#N)cc1. The van der Waals surface area contributed by atoms with Crippen molar-refractivity contribution in [1.29, 1.82) is 5.26 Å². The molecule has 1 amide bonds. The van der Waals surface area contributed by atoms with Gasteiger partial charge in [0.05, 0.1) is 16.7 Å². The molecule has 0 aliphatic carbocycles. The summed E-state index contributed by atoms with van der Waals surface area (Å²) >= 11 is 11.9. The Morgan fingerprint density at radius 3 is 2.55 bits per heavy atom. The van der Waals surface area contributed by atoms with Crippen molar-refractivity contribution >= 4 is 34.8 Å². The topological polar surface area (TPSA) is 62.1 Å². The van der Waals surface area contributed by atoms with Crippen molar-refractivity contribution in [1.82, 2.24) is 0 Å². The molecule has 2 aromatic rings. The van der Waals surface area contributed by atoms with E-state index in [2.05, 4.69) is 5.32 Å². The fourth-order valence-corrected chi connectivity index (χ4v) is 2.03. The van der Waals surface area contributed by atoms with E-state index in [1.165, 1.54) is 0 Å². The van der Waals surface area contributed by atoms with E-state index in [0.29, 0.717) is 22.0 Å². The molecular weight excluding hydrogens is 323 g/mol. The molecule has 0 fully saturated rings. The first-order valence-corrected chi connectivity index (χ1v) is 7.18. The summed E-state index contributed by atoms with van der Waals surface area (Å²) in [7, 11) is 0. The molecule has 1 atom stereocenters. The molecule has 0 saturated carbocycles. The summed E-state index contributed by atoms with van der Waals surface area (Å²) in [6.07, 6.45) is -0.758. The number of hydrogen-bond donors (Lipinski definition) is 1. The van der Waals surface area contributed by atoms with Gasteiger partial charge in [-0.2, -0.15) is 5.26 Å². The molecule has 0 aromatic heterocycles. The van der Waals surface area contributed by atoms with E-state index in [0.717, 1.165) is 0 Å². The summed E-state index contributed by atoms with van der Waals surface area (Å²) in [6.45, 7) is 1.61. The summed E-state index contributed by atoms with van der Waals surface area (Å²) in [6, 6.07) is 13.5. The van der Waals surface area contributed by atoms with Crippen LogP contribution in [0.2, 0.25) is 10.0 Å². The summed E-state index contributed by atoms with van der Waals surface area (Å²) < 4.78 is 5.52. The Morgan fingerprint density at radius 1 is 1.23 bits per heavy atom. The summed E-state index contributed by atoms with van der Waals surface area (Å²) in [4.78, 5) is 12.1. The van der Waals surface area contributed by atoms with Crippen LogP contribution >= 0.6 is 23.2 Å². The molecule has 2 rings (SSSR count). The average Bonchev–Trinajstić information content (AvgIpc) is 2.52. The number of nitriles is 1. The molecule has 1 unspecified atom stereocenters. The molecule has 0 saturated heterocycles. The quantitative estimate of drug-likeness (QED) is 0.907. The largest absolute Gasteiger partial charge is 0.479 e. The maximum Gasteiger partial charge on any atom is 0.265 e. The predicted molar refractivity (Wildman–Crippen MR) is 86.3 cm³/mol. The molecule has 0 radical (unpaired) electrons. The Balaban J connectivity index is 2.02. The van der Waals surface area contributed by atoms with Gasteiger partial charge in [0.2, 0.25) is 0 Å². The van der Waals surface area contributed by atoms with Crippen LogP contribution in [0.15, 0.2) is 42.5 Å². The Labute approximate surface area is 138 Å². The Morgan fingerprint density at radius 2 is 1.91 bits per heavy atom. The van der Waals surface area contributed by atoms with Gasteiger partial charge in [-0.15, -0.1) is 0 Å². The van der Waals surface area contributed by atoms with Gasteiger partial charge in [0.25, 0.3) is 5.91 Å². The number of nitrogens with zero attached hydrogens (tertiary/aromatic N) is 1. The first kappa shape index (κ1) is 16.2. The zero-order chi connectivity index (χ0) is 16.1. The first-order chi connectivity index (χ1) is 10.5. The summed E-state index contributed by atoms with van der Waals surface area (Å²) in [5, 5.41) is 12.1. The summed E-state index contributed by atoms with van der Waals surface area (Å²) in [5.74, 6) is 0.0115. The highest BCUT2D eigenvalue weighted by atomic mass is 35.5. The van der Waals surface area contributed by atoms with E-state index in [9.17, 15) is 4.79 Å². The van der Waals surface area contributed by atoms with Crippen LogP contribution in [0, 0.1) is 11.3 Å². The average molecular weight is 335 g/mol. The number of rotatable bonds is 4. The van der Waals surface area contributed by atoms with E-state index in [1.807, 2.05) is 6.07 Å². The maximum absolute atomic E-state index is 12.1. The number of hydrogen-bond acceptors (Lipinski definition) is 3. The van der Waals surface area contributed by atoms with E-state index < -0.39 is 6.10 Å². The van der Waals surface area contributed by atoms with Gasteiger partial charge in [0, 0.05) is 5.69 Å². The van der Waals surface area contributed by atoms with Crippen LogP contribution in [0.25, 0.3) is 0 Å². The molecule has 0 bridgehead atoms. The fraction of sp³-hybridized carbons (Fsp3) is 0.125. The van der Waals surface area contributed by atoms with Gasteiger partial charge in [-0.1, -0.05) is 29.3 Å². The molecule has 0 spiro atoms. The van der Waals surface area contributed by atoms with Gasteiger partial charge in [-0.25, -0.2) is 0 Å². The van der Waals surface area contributed by atoms with Gasteiger partial charge >= 0.3 is 0 Å². The van der Waals surface area contributed by atoms with Crippen LogP contribution in [0.3, 0.4) is 0 Å². The van der Waals surface area contributed by atoms with Crippen LogP contribution in [-0.2, 0) is 4.79 Å². The lowest BCUT2D eigenvalue weighted by atomic mass is 10.2.